The zero-order chi connectivity index (χ0) is 34.3. The number of para-hydroxylation sites is 3. The molecule has 3 aromatic heterocycles. The van der Waals surface area contributed by atoms with Crippen LogP contribution < -0.4 is 0 Å². The first kappa shape index (κ1) is 28.5. The van der Waals surface area contributed by atoms with E-state index >= 15 is 0 Å². The van der Waals surface area contributed by atoms with Crippen molar-refractivity contribution in [2.45, 2.75) is 0 Å². The van der Waals surface area contributed by atoms with E-state index in [4.69, 9.17) is 9.97 Å². The first-order valence-electron chi connectivity index (χ1n) is 17.4. The average molecular weight is 662 g/mol. The molecule has 0 bridgehead atoms. The standard InChI is InChI=1S/C47H27N5/c48-28-40-35-18-8-10-20-39(35)49-47(50-40)52-42-24-23-30(26-38(42)45-32-15-5-4-12-29(32)22-25-43(45)52)37-27-44-46(34-17-7-6-16-33(34)37)36-19-9-11-21-41(36)51(44)31-13-2-1-3-14-31/h1-27H. The average Bonchev–Trinajstić information content (AvgIpc) is 3.73. The normalized spacial score (nSPS) is 11.8. The summed E-state index contributed by atoms with van der Waals surface area (Å²) in [6.45, 7) is 0. The highest BCUT2D eigenvalue weighted by Crippen LogP contribution is 2.43. The van der Waals surface area contributed by atoms with E-state index in [1.54, 1.807) is 0 Å². The van der Waals surface area contributed by atoms with Gasteiger partial charge in [-0.3, -0.25) is 4.57 Å². The van der Waals surface area contributed by atoms with Crippen LogP contribution in [-0.4, -0.2) is 19.1 Å². The fourth-order valence-electron chi connectivity index (χ4n) is 8.35. The van der Waals surface area contributed by atoms with Gasteiger partial charge >= 0.3 is 0 Å². The number of benzene rings is 8. The van der Waals surface area contributed by atoms with Crippen molar-refractivity contribution in [2.24, 2.45) is 0 Å². The highest BCUT2D eigenvalue weighted by molar-refractivity contribution is 6.25. The minimum absolute atomic E-state index is 0.363. The highest BCUT2D eigenvalue weighted by atomic mass is 15.2. The molecule has 0 N–H and O–H groups in total. The van der Waals surface area contributed by atoms with E-state index in [0.29, 0.717) is 11.6 Å². The fraction of sp³-hybridized carbons (Fsp3) is 0. The van der Waals surface area contributed by atoms with E-state index in [1.807, 2.05) is 24.3 Å². The summed E-state index contributed by atoms with van der Waals surface area (Å²) in [5, 5.41) is 20.4. The topological polar surface area (TPSA) is 59.4 Å². The molecule has 0 unspecified atom stereocenters. The van der Waals surface area contributed by atoms with Gasteiger partial charge in [-0.2, -0.15) is 5.26 Å². The third kappa shape index (κ3) is 3.98. The molecule has 5 heteroatoms. The number of hydrogen-bond donors (Lipinski definition) is 0. The van der Waals surface area contributed by atoms with Crippen molar-refractivity contribution < 1.29 is 0 Å². The molecule has 8 aromatic carbocycles. The second-order valence-electron chi connectivity index (χ2n) is 13.3. The third-order valence-corrected chi connectivity index (χ3v) is 10.6. The van der Waals surface area contributed by atoms with Crippen LogP contribution >= 0.6 is 0 Å². The van der Waals surface area contributed by atoms with Crippen LogP contribution in [0.1, 0.15) is 5.69 Å². The van der Waals surface area contributed by atoms with Crippen molar-refractivity contribution in [3.8, 4) is 28.8 Å². The number of aromatic nitrogens is 4. The van der Waals surface area contributed by atoms with Crippen molar-refractivity contribution in [3.63, 3.8) is 0 Å². The Morgan fingerprint density at radius 1 is 0.442 bits per heavy atom. The Morgan fingerprint density at radius 3 is 1.94 bits per heavy atom. The van der Waals surface area contributed by atoms with Crippen LogP contribution in [0.4, 0.5) is 0 Å². The van der Waals surface area contributed by atoms with Gasteiger partial charge in [-0.25, -0.2) is 9.97 Å². The lowest BCUT2D eigenvalue weighted by Crippen LogP contribution is -2.03. The van der Waals surface area contributed by atoms with Gasteiger partial charge < -0.3 is 4.57 Å². The molecule has 0 spiro atoms. The monoisotopic (exact) mass is 661 g/mol. The van der Waals surface area contributed by atoms with Gasteiger partial charge in [0.25, 0.3) is 0 Å². The van der Waals surface area contributed by atoms with Gasteiger partial charge in [0.2, 0.25) is 5.95 Å². The Kier molecular flexibility index (Phi) is 5.96. The molecule has 0 atom stereocenters. The van der Waals surface area contributed by atoms with E-state index < -0.39 is 0 Å². The molecule has 3 heterocycles. The van der Waals surface area contributed by atoms with Crippen LogP contribution in [0.5, 0.6) is 0 Å². The van der Waals surface area contributed by atoms with Crippen molar-refractivity contribution in [1.82, 2.24) is 19.1 Å². The smallest absolute Gasteiger partial charge is 0.236 e. The second kappa shape index (κ2) is 10.9. The van der Waals surface area contributed by atoms with Crippen LogP contribution in [-0.2, 0) is 0 Å². The molecule has 0 fully saturated rings. The summed E-state index contributed by atoms with van der Waals surface area (Å²) in [5.74, 6) is 0.484. The molecule has 0 radical (unpaired) electrons. The van der Waals surface area contributed by atoms with E-state index in [9.17, 15) is 5.26 Å². The van der Waals surface area contributed by atoms with E-state index in [2.05, 4.69) is 155 Å². The van der Waals surface area contributed by atoms with Crippen LogP contribution in [0.15, 0.2) is 164 Å². The SMILES string of the molecule is N#Cc1nc(-n2c3ccc(-c4cc5c(c6ccccc46)c4ccccc4n5-c4ccccc4)cc3c3c4ccccc4ccc32)nc2ccccc12. The summed E-state index contributed by atoms with van der Waals surface area (Å²) in [6.07, 6.45) is 0. The largest absolute Gasteiger partial charge is 0.309 e. The van der Waals surface area contributed by atoms with Crippen LogP contribution in [0.2, 0.25) is 0 Å². The molecular formula is C47H27N5. The summed E-state index contributed by atoms with van der Waals surface area (Å²) in [4.78, 5) is 9.86. The lowest BCUT2D eigenvalue weighted by Gasteiger charge is -2.13. The summed E-state index contributed by atoms with van der Waals surface area (Å²) >= 11 is 0. The van der Waals surface area contributed by atoms with Crippen LogP contribution in [0, 0.1) is 11.3 Å². The predicted molar refractivity (Wildman–Crippen MR) is 213 cm³/mol. The summed E-state index contributed by atoms with van der Waals surface area (Å²) in [6, 6.07) is 60.1. The molecule has 0 aliphatic heterocycles. The lowest BCUT2D eigenvalue weighted by atomic mass is 9.93. The Morgan fingerprint density at radius 2 is 1.10 bits per heavy atom. The highest BCUT2D eigenvalue weighted by Gasteiger charge is 2.21. The molecule has 5 nitrogen and oxygen atoms in total. The summed E-state index contributed by atoms with van der Waals surface area (Å²) < 4.78 is 4.51. The molecule has 0 saturated carbocycles. The zero-order valence-electron chi connectivity index (χ0n) is 27.8. The van der Waals surface area contributed by atoms with Gasteiger partial charge in [0, 0.05) is 32.6 Å². The molecule has 0 amide bonds. The molecule has 0 aliphatic carbocycles. The number of fused-ring (bicyclic) bond motifs is 11. The van der Waals surface area contributed by atoms with Gasteiger partial charge in [-0.05, 0) is 87.3 Å². The number of nitriles is 1. The molecule has 52 heavy (non-hydrogen) atoms. The van der Waals surface area contributed by atoms with Crippen molar-refractivity contribution in [1.29, 1.82) is 5.26 Å². The molecule has 240 valence electrons. The lowest BCUT2D eigenvalue weighted by molar-refractivity contribution is 1.00. The van der Waals surface area contributed by atoms with Gasteiger partial charge in [-0.1, -0.05) is 109 Å². The molecule has 0 saturated heterocycles. The van der Waals surface area contributed by atoms with Gasteiger partial charge in [0.15, 0.2) is 5.69 Å². The Hall–Kier alpha value is -7.29. The Balaban J connectivity index is 1.26. The minimum Gasteiger partial charge on any atom is -0.309 e. The molecule has 0 aliphatic rings. The van der Waals surface area contributed by atoms with Crippen LogP contribution in [0.3, 0.4) is 0 Å². The third-order valence-electron chi connectivity index (χ3n) is 10.6. The molecule has 11 aromatic rings. The number of hydrogen-bond acceptors (Lipinski definition) is 3. The van der Waals surface area contributed by atoms with Gasteiger partial charge in [0.05, 0.1) is 27.6 Å². The first-order chi connectivity index (χ1) is 25.8. The molecular weight excluding hydrogens is 635 g/mol. The fourth-order valence-corrected chi connectivity index (χ4v) is 8.35. The summed E-state index contributed by atoms with van der Waals surface area (Å²) in [5.41, 5.74) is 8.86. The maximum atomic E-state index is 10.1. The van der Waals surface area contributed by atoms with E-state index in [1.165, 1.54) is 38.1 Å². The van der Waals surface area contributed by atoms with Crippen LogP contribution in [0.25, 0.3) is 98.8 Å². The van der Waals surface area contributed by atoms with Crippen molar-refractivity contribution >= 4 is 76.1 Å². The van der Waals surface area contributed by atoms with Gasteiger partial charge in [0.1, 0.15) is 6.07 Å². The van der Waals surface area contributed by atoms with Crippen molar-refractivity contribution in [3.05, 3.63) is 169 Å². The first-order valence-corrected chi connectivity index (χ1v) is 17.4. The number of rotatable bonds is 3. The second-order valence-corrected chi connectivity index (χ2v) is 13.3. The Bertz CT molecular complexity index is 3310. The quantitative estimate of drug-likeness (QED) is 0.189. The number of nitrogens with zero attached hydrogens (tertiary/aromatic N) is 5. The van der Waals surface area contributed by atoms with Gasteiger partial charge in [-0.15, -0.1) is 0 Å². The van der Waals surface area contributed by atoms with Crippen molar-refractivity contribution in [2.75, 3.05) is 0 Å². The maximum Gasteiger partial charge on any atom is 0.236 e. The molecule has 11 rings (SSSR count). The Labute approximate surface area is 297 Å². The van der Waals surface area contributed by atoms with E-state index in [0.717, 1.165) is 54.7 Å². The zero-order valence-corrected chi connectivity index (χ0v) is 27.8. The predicted octanol–water partition coefficient (Wildman–Crippen LogP) is 11.7. The minimum atomic E-state index is 0.363. The van der Waals surface area contributed by atoms with E-state index in [-0.39, 0.29) is 0 Å². The maximum absolute atomic E-state index is 10.1. The summed E-state index contributed by atoms with van der Waals surface area (Å²) in [7, 11) is 0.